The smallest absolute Gasteiger partial charge is 0.287 e. The second-order valence-corrected chi connectivity index (χ2v) is 8.82. The molecule has 4 aromatic rings. The first-order valence-corrected chi connectivity index (χ1v) is 11.6. The normalized spacial score (nSPS) is 14.7. The van der Waals surface area contributed by atoms with Gasteiger partial charge >= 0.3 is 0 Å². The highest BCUT2D eigenvalue weighted by atomic mass is 16.3. The molecule has 5 rings (SSSR count). The van der Waals surface area contributed by atoms with Crippen molar-refractivity contribution in [1.29, 1.82) is 0 Å². The minimum Gasteiger partial charge on any atom is -0.451 e. The van der Waals surface area contributed by atoms with E-state index in [2.05, 4.69) is 27.9 Å². The number of carbonyl (C=O) groups excluding carboxylic acids is 1. The van der Waals surface area contributed by atoms with E-state index in [0.29, 0.717) is 11.0 Å². The number of aromatic nitrogens is 2. The number of amides is 1. The van der Waals surface area contributed by atoms with Crippen molar-refractivity contribution in [3.8, 4) is 0 Å². The Morgan fingerprint density at radius 3 is 2.79 bits per heavy atom. The van der Waals surface area contributed by atoms with Crippen LogP contribution in [0.3, 0.4) is 0 Å². The molecule has 7 nitrogen and oxygen atoms in total. The summed E-state index contributed by atoms with van der Waals surface area (Å²) in [5, 5.41) is 6.84. The van der Waals surface area contributed by atoms with Crippen molar-refractivity contribution in [1.82, 2.24) is 20.0 Å². The molecule has 0 unspecified atom stereocenters. The molecule has 1 aliphatic rings. The molecule has 0 spiro atoms. The quantitative estimate of drug-likeness (QED) is 0.449. The van der Waals surface area contributed by atoms with Crippen LogP contribution >= 0.6 is 0 Å². The van der Waals surface area contributed by atoms with E-state index in [1.165, 1.54) is 43.7 Å². The molecule has 1 aliphatic carbocycles. The number of imidazole rings is 1. The van der Waals surface area contributed by atoms with Gasteiger partial charge in [-0.3, -0.25) is 9.59 Å². The third kappa shape index (κ3) is 4.98. The van der Waals surface area contributed by atoms with Gasteiger partial charge in [-0.1, -0.05) is 37.5 Å². The van der Waals surface area contributed by atoms with Crippen LogP contribution in [-0.2, 0) is 13.1 Å². The first kappa shape index (κ1) is 21.4. The monoisotopic (exact) mass is 444 g/mol. The van der Waals surface area contributed by atoms with Crippen molar-refractivity contribution in [2.24, 2.45) is 5.92 Å². The van der Waals surface area contributed by atoms with E-state index in [4.69, 9.17) is 4.42 Å². The van der Waals surface area contributed by atoms with E-state index in [-0.39, 0.29) is 17.7 Å². The number of pyridine rings is 1. The third-order valence-corrected chi connectivity index (χ3v) is 6.34. The molecule has 0 saturated heterocycles. The summed E-state index contributed by atoms with van der Waals surface area (Å²) in [5.74, 6) is 0.356. The predicted octanol–water partition coefficient (Wildman–Crippen LogP) is 4.04. The fourth-order valence-corrected chi connectivity index (χ4v) is 4.57. The summed E-state index contributed by atoms with van der Waals surface area (Å²) >= 11 is 0. The molecule has 0 radical (unpaired) electrons. The van der Waals surface area contributed by atoms with Gasteiger partial charge in [0.15, 0.2) is 11.2 Å². The van der Waals surface area contributed by atoms with Gasteiger partial charge < -0.3 is 19.5 Å². The lowest BCUT2D eigenvalue weighted by Crippen LogP contribution is -2.24. The lowest BCUT2D eigenvalue weighted by Gasteiger charge is -2.21. The summed E-state index contributed by atoms with van der Waals surface area (Å²) in [4.78, 5) is 29.4. The Morgan fingerprint density at radius 2 is 1.91 bits per heavy atom. The molecule has 3 heterocycles. The summed E-state index contributed by atoms with van der Waals surface area (Å²) in [6.45, 7) is 2.15. The van der Waals surface area contributed by atoms with Gasteiger partial charge in [-0.25, -0.2) is 4.98 Å². The molecule has 0 atom stereocenters. The lowest BCUT2D eigenvalue weighted by molar-refractivity contribution is 0.0923. The van der Waals surface area contributed by atoms with Gasteiger partial charge in [0, 0.05) is 25.0 Å². The summed E-state index contributed by atoms with van der Waals surface area (Å²) in [6, 6.07) is 12.2. The zero-order valence-electron chi connectivity index (χ0n) is 18.5. The number of nitrogens with zero attached hydrogens (tertiary/aromatic N) is 2. The number of hydrogen-bond donors (Lipinski definition) is 2. The molecule has 1 amide bonds. The molecule has 0 aliphatic heterocycles. The Labute approximate surface area is 191 Å². The number of rotatable bonds is 7. The number of benzene rings is 1. The number of fused-ring (bicyclic) bond motifs is 2. The Kier molecular flexibility index (Phi) is 6.21. The first-order valence-electron chi connectivity index (χ1n) is 11.6. The standard InChI is InChI=1S/C26H28N4O3/c31-22-12-24(33-23-9-5-4-8-21(22)23)26(32)28-15-20-17-30-16-19(10-11-25(30)29-20)14-27-13-18-6-2-1-3-7-18/h4-5,8-12,16-18,27H,1-3,6-7,13-15H2,(H,28,32). The predicted molar refractivity (Wildman–Crippen MR) is 127 cm³/mol. The van der Waals surface area contributed by atoms with Crippen LogP contribution in [0.4, 0.5) is 0 Å². The molecule has 33 heavy (non-hydrogen) atoms. The Bertz CT molecular complexity index is 1330. The van der Waals surface area contributed by atoms with Crippen molar-refractivity contribution < 1.29 is 9.21 Å². The van der Waals surface area contributed by atoms with Crippen LogP contribution in [0.1, 0.15) is 53.9 Å². The molecule has 1 aromatic carbocycles. The van der Waals surface area contributed by atoms with E-state index in [1.54, 1.807) is 24.3 Å². The van der Waals surface area contributed by atoms with E-state index in [0.717, 1.165) is 30.3 Å². The molecule has 1 fully saturated rings. The van der Waals surface area contributed by atoms with Crippen molar-refractivity contribution in [3.63, 3.8) is 0 Å². The largest absolute Gasteiger partial charge is 0.451 e. The summed E-state index contributed by atoms with van der Waals surface area (Å²) in [5.41, 5.74) is 2.92. The van der Waals surface area contributed by atoms with E-state index in [9.17, 15) is 9.59 Å². The summed E-state index contributed by atoms with van der Waals surface area (Å²) in [7, 11) is 0. The maximum absolute atomic E-state index is 12.5. The van der Waals surface area contributed by atoms with Crippen LogP contribution in [0.15, 0.2) is 64.1 Å². The van der Waals surface area contributed by atoms with Crippen molar-refractivity contribution in [2.45, 2.75) is 45.2 Å². The fraction of sp³-hybridized carbons (Fsp3) is 0.346. The lowest BCUT2D eigenvalue weighted by atomic mass is 9.89. The van der Waals surface area contributed by atoms with Crippen LogP contribution in [0.5, 0.6) is 0 Å². The zero-order chi connectivity index (χ0) is 22.6. The third-order valence-electron chi connectivity index (χ3n) is 6.34. The van der Waals surface area contributed by atoms with Crippen LogP contribution in [0.2, 0.25) is 0 Å². The van der Waals surface area contributed by atoms with Crippen LogP contribution in [-0.4, -0.2) is 21.8 Å². The highest BCUT2D eigenvalue weighted by Crippen LogP contribution is 2.22. The van der Waals surface area contributed by atoms with Gasteiger partial charge in [-0.15, -0.1) is 0 Å². The Balaban J connectivity index is 1.20. The average Bonchev–Trinajstić information content (AvgIpc) is 3.25. The van der Waals surface area contributed by atoms with E-state index in [1.807, 2.05) is 16.7 Å². The Hall–Kier alpha value is -3.45. The van der Waals surface area contributed by atoms with Crippen LogP contribution < -0.4 is 16.1 Å². The molecule has 0 bridgehead atoms. The first-order chi connectivity index (χ1) is 16.2. The minimum atomic E-state index is -0.442. The molecule has 2 N–H and O–H groups in total. The average molecular weight is 445 g/mol. The van der Waals surface area contributed by atoms with Crippen molar-refractivity contribution in [2.75, 3.05) is 6.54 Å². The zero-order valence-corrected chi connectivity index (χ0v) is 18.5. The van der Waals surface area contributed by atoms with Gasteiger partial charge in [0.2, 0.25) is 0 Å². The number of carbonyl (C=O) groups is 1. The fourth-order valence-electron chi connectivity index (χ4n) is 4.57. The molecular weight excluding hydrogens is 416 g/mol. The maximum Gasteiger partial charge on any atom is 0.287 e. The van der Waals surface area contributed by atoms with E-state index >= 15 is 0 Å². The SMILES string of the molecule is O=C(NCc1cn2cc(CNCC3CCCCC3)ccc2n1)c1cc(=O)c2ccccc2o1. The molecule has 7 heteroatoms. The van der Waals surface area contributed by atoms with Gasteiger partial charge in [-0.2, -0.15) is 0 Å². The number of hydrogen-bond acceptors (Lipinski definition) is 5. The molecule has 1 saturated carbocycles. The minimum absolute atomic E-state index is 0.00575. The topological polar surface area (TPSA) is 88.6 Å². The second-order valence-electron chi connectivity index (χ2n) is 8.82. The number of nitrogens with one attached hydrogen (secondary N) is 2. The summed E-state index contributed by atoms with van der Waals surface area (Å²) < 4.78 is 7.59. The number of para-hydroxylation sites is 1. The Morgan fingerprint density at radius 1 is 1.06 bits per heavy atom. The molecule has 170 valence electrons. The second kappa shape index (κ2) is 9.58. The van der Waals surface area contributed by atoms with Gasteiger partial charge in [0.25, 0.3) is 5.91 Å². The van der Waals surface area contributed by atoms with Gasteiger partial charge in [0.05, 0.1) is 17.6 Å². The van der Waals surface area contributed by atoms with Crippen LogP contribution in [0.25, 0.3) is 16.6 Å². The van der Waals surface area contributed by atoms with Crippen molar-refractivity contribution >= 4 is 22.5 Å². The molecular formula is C26H28N4O3. The highest BCUT2D eigenvalue weighted by Gasteiger charge is 2.14. The summed E-state index contributed by atoms with van der Waals surface area (Å²) in [6.07, 6.45) is 10.8. The highest BCUT2D eigenvalue weighted by molar-refractivity contribution is 5.93. The van der Waals surface area contributed by atoms with Gasteiger partial charge in [-0.05, 0) is 49.1 Å². The van der Waals surface area contributed by atoms with Crippen molar-refractivity contribution in [3.05, 3.63) is 82.1 Å². The maximum atomic E-state index is 12.5. The van der Waals surface area contributed by atoms with E-state index < -0.39 is 5.91 Å². The van der Waals surface area contributed by atoms with Crippen LogP contribution in [0, 0.1) is 5.92 Å². The molecule has 3 aromatic heterocycles. The van der Waals surface area contributed by atoms with Gasteiger partial charge in [0.1, 0.15) is 11.2 Å².